The second kappa shape index (κ2) is 7.59. The fraction of sp³-hybridized carbons (Fsp3) is 0.375. The smallest absolute Gasteiger partial charge is 0.250 e. The number of nitrogens with two attached hydrogens (primary N) is 1. The molecule has 2 rings (SSSR count). The van der Waals surface area contributed by atoms with E-state index < -0.39 is 15.9 Å². The summed E-state index contributed by atoms with van der Waals surface area (Å²) < 4.78 is 26.8. The average Bonchev–Trinajstić information content (AvgIpc) is 2.59. The first-order chi connectivity index (χ1) is 11.4. The molecule has 0 aromatic heterocycles. The van der Waals surface area contributed by atoms with Gasteiger partial charge in [0.05, 0.1) is 10.5 Å². The summed E-state index contributed by atoms with van der Waals surface area (Å²) in [6.07, 6.45) is 2.46. The zero-order chi connectivity index (χ0) is 17.7. The molecular weight excluding hydrogens is 330 g/mol. The lowest BCUT2D eigenvalue weighted by Gasteiger charge is -2.30. The maximum Gasteiger partial charge on any atom is 0.250 e. The number of hydrogen-bond acceptors (Lipinski definition) is 4. The molecule has 0 saturated carbocycles. The van der Waals surface area contributed by atoms with Gasteiger partial charge < -0.3 is 11.1 Å². The summed E-state index contributed by atoms with van der Waals surface area (Å²) in [4.78, 5) is 23.3. The van der Waals surface area contributed by atoms with Crippen molar-refractivity contribution >= 4 is 21.8 Å². The first kappa shape index (κ1) is 18.2. The highest BCUT2D eigenvalue weighted by molar-refractivity contribution is 7.89. The summed E-state index contributed by atoms with van der Waals surface area (Å²) >= 11 is 0. The molecule has 8 heteroatoms. The van der Waals surface area contributed by atoms with E-state index in [1.165, 1.54) is 16.4 Å². The molecule has 0 spiro atoms. The summed E-state index contributed by atoms with van der Waals surface area (Å²) in [5.41, 5.74) is 5.24. The fourth-order valence-corrected chi connectivity index (χ4v) is 4.38. The highest BCUT2D eigenvalue weighted by Crippen LogP contribution is 2.25. The zero-order valence-corrected chi connectivity index (χ0v) is 14.1. The Balaban J connectivity index is 2.12. The number of nitrogens with one attached hydrogen (secondary N) is 1. The number of primary amides is 1. The standard InChI is InChI=1S/C16H21N3O4S/c1-2-9-18-16(21)12-7-10-19(11-8-12)24(22,23)14-6-4-3-5-13(14)15(17)20/h2-6,12H,1,7-11H2,(H2,17,20)(H,18,21). The van der Waals surface area contributed by atoms with Crippen molar-refractivity contribution < 1.29 is 18.0 Å². The van der Waals surface area contributed by atoms with Crippen LogP contribution in [-0.2, 0) is 14.8 Å². The maximum atomic E-state index is 12.8. The van der Waals surface area contributed by atoms with Gasteiger partial charge in [-0.15, -0.1) is 6.58 Å². The van der Waals surface area contributed by atoms with Crippen LogP contribution in [0.15, 0.2) is 41.8 Å². The van der Waals surface area contributed by atoms with Crippen molar-refractivity contribution in [2.45, 2.75) is 17.7 Å². The lowest BCUT2D eigenvalue weighted by molar-refractivity contribution is -0.125. The van der Waals surface area contributed by atoms with Crippen molar-refractivity contribution in [1.82, 2.24) is 9.62 Å². The molecular formula is C16H21N3O4S. The van der Waals surface area contributed by atoms with Crippen LogP contribution in [0.25, 0.3) is 0 Å². The van der Waals surface area contributed by atoms with E-state index in [1.54, 1.807) is 18.2 Å². The second-order valence-electron chi connectivity index (χ2n) is 5.57. The minimum absolute atomic E-state index is 0.0247. The van der Waals surface area contributed by atoms with E-state index in [2.05, 4.69) is 11.9 Å². The second-order valence-corrected chi connectivity index (χ2v) is 7.48. The monoisotopic (exact) mass is 351 g/mol. The lowest BCUT2D eigenvalue weighted by Crippen LogP contribution is -2.43. The Morgan fingerprint density at radius 1 is 1.29 bits per heavy atom. The van der Waals surface area contributed by atoms with Crippen LogP contribution in [0.3, 0.4) is 0 Å². The minimum Gasteiger partial charge on any atom is -0.366 e. The minimum atomic E-state index is -3.82. The van der Waals surface area contributed by atoms with E-state index in [1.807, 2.05) is 0 Å². The molecule has 1 aliphatic rings. The molecule has 2 amide bonds. The van der Waals surface area contributed by atoms with Crippen LogP contribution in [0.1, 0.15) is 23.2 Å². The van der Waals surface area contributed by atoms with Gasteiger partial charge >= 0.3 is 0 Å². The average molecular weight is 351 g/mol. The molecule has 1 aromatic carbocycles. The van der Waals surface area contributed by atoms with Crippen molar-refractivity contribution in [1.29, 1.82) is 0 Å². The molecule has 1 saturated heterocycles. The van der Waals surface area contributed by atoms with E-state index in [-0.39, 0.29) is 35.4 Å². The predicted octanol–water partition coefficient (Wildman–Crippen LogP) is 0.488. The molecule has 0 bridgehead atoms. The van der Waals surface area contributed by atoms with Crippen LogP contribution in [0.4, 0.5) is 0 Å². The Labute approximate surface area is 141 Å². The Hall–Kier alpha value is -2.19. The molecule has 0 unspecified atom stereocenters. The van der Waals surface area contributed by atoms with E-state index in [4.69, 9.17) is 5.73 Å². The largest absolute Gasteiger partial charge is 0.366 e. The predicted molar refractivity (Wildman–Crippen MR) is 89.6 cm³/mol. The van der Waals surface area contributed by atoms with Crippen molar-refractivity contribution in [3.63, 3.8) is 0 Å². The molecule has 1 aliphatic heterocycles. The number of carbonyl (C=O) groups excluding carboxylic acids is 2. The number of amides is 2. The zero-order valence-electron chi connectivity index (χ0n) is 13.3. The van der Waals surface area contributed by atoms with Gasteiger partial charge in [0.2, 0.25) is 21.8 Å². The Morgan fingerprint density at radius 3 is 2.50 bits per heavy atom. The fourth-order valence-electron chi connectivity index (χ4n) is 2.71. The van der Waals surface area contributed by atoms with Crippen molar-refractivity contribution in [3.05, 3.63) is 42.5 Å². The number of benzene rings is 1. The first-order valence-corrected chi connectivity index (χ1v) is 9.09. The van der Waals surface area contributed by atoms with Crippen molar-refractivity contribution in [2.75, 3.05) is 19.6 Å². The highest BCUT2D eigenvalue weighted by atomic mass is 32.2. The summed E-state index contributed by atoms with van der Waals surface area (Å²) in [5.74, 6) is -1.10. The molecule has 1 fully saturated rings. The molecule has 1 heterocycles. The Bertz CT molecular complexity index is 737. The molecule has 24 heavy (non-hydrogen) atoms. The van der Waals surface area contributed by atoms with Gasteiger partial charge in [0.25, 0.3) is 0 Å². The van der Waals surface area contributed by atoms with Gasteiger partial charge in [0.15, 0.2) is 0 Å². The van der Waals surface area contributed by atoms with Gasteiger partial charge in [-0.3, -0.25) is 9.59 Å². The van der Waals surface area contributed by atoms with E-state index in [0.29, 0.717) is 19.4 Å². The summed E-state index contributed by atoms with van der Waals surface area (Å²) in [6, 6.07) is 5.88. The van der Waals surface area contributed by atoms with Crippen LogP contribution >= 0.6 is 0 Å². The van der Waals surface area contributed by atoms with E-state index >= 15 is 0 Å². The maximum absolute atomic E-state index is 12.8. The molecule has 7 nitrogen and oxygen atoms in total. The third-order valence-corrected chi connectivity index (χ3v) is 5.97. The Kier molecular flexibility index (Phi) is 5.74. The van der Waals surface area contributed by atoms with Gasteiger partial charge in [-0.2, -0.15) is 4.31 Å². The summed E-state index contributed by atoms with van der Waals surface area (Å²) in [7, 11) is -3.82. The van der Waals surface area contributed by atoms with Gasteiger partial charge in [-0.05, 0) is 25.0 Å². The normalized spacial score (nSPS) is 16.5. The molecule has 0 radical (unpaired) electrons. The van der Waals surface area contributed by atoms with Crippen molar-refractivity contribution in [2.24, 2.45) is 11.7 Å². The number of sulfonamides is 1. The molecule has 3 N–H and O–H groups in total. The van der Waals surface area contributed by atoms with Crippen LogP contribution < -0.4 is 11.1 Å². The highest BCUT2D eigenvalue weighted by Gasteiger charge is 2.33. The number of carbonyl (C=O) groups is 2. The van der Waals surface area contributed by atoms with Gasteiger partial charge in [0, 0.05) is 25.6 Å². The number of piperidine rings is 1. The quantitative estimate of drug-likeness (QED) is 0.727. The van der Waals surface area contributed by atoms with Crippen LogP contribution in [0.2, 0.25) is 0 Å². The molecule has 1 aromatic rings. The van der Waals surface area contributed by atoms with Crippen molar-refractivity contribution in [3.8, 4) is 0 Å². The Morgan fingerprint density at radius 2 is 1.92 bits per heavy atom. The van der Waals surface area contributed by atoms with Gasteiger partial charge in [-0.1, -0.05) is 18.2 Å². The molecule has 130 valence electrons. The van der Waals surface area contributed by atoms with Gasteiger partial charge in [0.1, 0.15) is 0 Å². The third-order valence-electron chi connectivity index (χ3n) is 4.02. The van der Waals surface area contributed by atoms with Crippen LogP contribution in [-0.4, -0.2) is 44.2 Å². The first-order valence-electron chi connectivity index (χ1n) is 7.65. The summed E-state index contributed by atoms with van der Waals surface area (Å²) in [6.45, 7) is 4.38. The van der Waals surface area contributed by atoms with E-state index in [9.17, 15) is 18.0 Å². The molecule has 0 atom stereocenters. The lowest BCUT2D eigenvalue weighted by atomic mass is 9.97. The summed E-state index contributed by atoms with van der Waals surface area (Å²) in [5, 5.41) is 2.73. The van der Waals surface area contributed by atoms with E-state index in [0.717, 1.165) is 0 Å². The number of rotatable bonds is 6. The molecule has 0 aliphatic carbocycles. The van der Waals surface area contributed by atoms with Crippen LogP contribution in [0, 0.1) is 5.92 Å². The van der Waals surface area contributed by atoms with Gasteiger partial charge in [-0.25, -0.2) is 8.42 Å². The van der Waals surface area contributed by atoms with Crippen LogP contribution in [0.5, 0.6) is 0 Å². The topological polar surface area (TPSA) is 110 Å². The number of hydrogen-bond donors (Lipinski definition) is 2. The SMILES string of the molecule is C=CCNC(=O)C1CCN(S(=O)(=O)c2ccccc2C(N)=O)CC1. The third kappa shape index (κ3) is 3.82. The number of nitrogens with zero attached hydrogens (tertiary/aromatic N) is 1.